The van der Waals surface area contributed by atoms with E-state index < -0.39 is 0 Å². The molecule has 1 N–H and O–H groups in total. The highest BCUT2D eigenvalue weighted by molar-refractivity contribution is 5.17. The number of hydrogen-bond acceptors (Lipinski definition) is 4. The highest BCUT2D eigenvalue weighted by atomic mass is 16.5. The zero-order valence-corrected chi connectivity index (χ0v) is 10.2. The topological polar surface area (TPSA) is 67.9 Å². The highest BCUT2D eigenvalue weighted by Gasteiger charge is 2.03. The van der Waals surface area contributed by atoms with Crippen LogP contribution >= 0.6 is 0 Å². The highest BCUT2D eigenvalue weighted by Crippen LogP contribution is 2.04. The Kier molecular flexibility index (Phi) is 4.20. The molecule has 0 atom stereocenters. The van der Waals surface area contributed by atoms with E-state index in [9.17, 15) is 4.79 Å². The van der Waals surface area contributed by atoms with Crippen LogP contribution in [0.15, 0.2) is 35.4 Å². The van der Waals surface area contributed by atoms with E-state index in [-0.39, 0.29) is 5.56 Å². The zero-order chi connectivity index (χ0) is 12.8. The van der Waals surface area contributed by atoms with Gasteiger partial charge in [-0.15, -0.1) is 0 Å². The molecule has 5 nitrogen and oxygen atoms in total. The van der Waals surface area contributed by atoms with Crippen molar-refractivity contribution in [2.24, 2.45) is 0 Å². The van der Waals surface area contributed by atoms with E-state index in [2.05, 4.69) is 15.0 Å². The van der Waals surface area contributed by atoms with Gasteiger partial charge in [0.1, 0.15) is 12.4 Å². The maximum atomic E-state index is 11.5. The minimum atomic E-state index is -0.154. The van der Waals surface area contributed by atoms with Crippen LogP contribution in [0, 0.1) is 0 Å². The Hall–Kier alpha value is -2.01. The Morgan fingerprint density at radius 3 is 3.06 bits per heavy atom. The number of nitrogens with zero attached hydrogens (tertiary/aromatic N) is 2. The number of rotatable bonds is 5. The first kappa shape index (κ1) is 12.4. The van der Waals surface area contributed by atoms with Crippen molar-refractivity contribution in [1.82, 2.24) is 15.0 Å². The molecule has 0 saturated carbocycles. The largest absolute Gasteiger partial charge is 0.374 e. The van der Waals surface area contributed by atoms with E-state index in [1.165, 1.54) is 6.07 Å². The van der Waals surface area contributed by atoms with E-state index in [0.29, 0.717) is 25.5 Å². The van der Waals surface area contributed by atoms with Crippen molar-refractivity contribution in [3.05, 3.63) is 58.0 Å². The van der Waals surface area contributed by atoms with Gasteiger partial charge in [-0.1, -0.05) is 6.07 Å². The van der Waals surface area contributed by atoms with Crippen molar-refractivity contribution in [3.8, 4) is 0 Å². The molecule has 0 radical (unpaired) electrons. The van der Waals surface area contributed by atoms with Crippen molar-refractivity contribution in [2.45, 2.75) is 20.0 Å². The number of H-pyrrole nitrogens is 1. The van der Waals surface area contributed by atoms with Crippen molar-refractivity contribution in [2.75, 3.05) is 6.61 Å². The van der Waals surface area contributed by atoms with Gasteiger partial charge in [-0.2, -0.15) is 0 Å². The lowest BCUT2D eigenvalue weighted by Gasteiger charge is -2.04. The molecule has 2 aromatic heterocycles. The summed E-state index contributed by atoms with van der Waals surface area (Å²) in [7, 11) is 0. The van der Waals surface area contributed by atoms with Gasteiger partial charge in [-0.25, -0.2) is 4.98 Å². The number of pyridine rings is 1. The predicted molar refractivity (Wildman–Crippen MR) is 67.2 cm³/mol. The summed E-state index contributed by atoms with van der Waals surface area (Å²) in [5.41, 5.74) is 1.60. The van der Waals surface area contributed by atoms with Crippen LogP contribution in [0.4, 0.5) is 0 Å². The molecule has 2 heterocycles. The first-order valence-corrected chi connectivity index (χ1v) is 5.83. The lowest BCUT2D eigenvalue weighted by atomic mass is 10.1. The Morgan fingerprint density at radius 1 is 1.44 bits per heavy atom. The van der Waals surface area contributed by atoms with Gasteiger partial charge in [0.05, 0.1) is 5.69 Å². The van der Waals surface area contributed by atoms with Crippen LogP contribution in [0.2, 0.25) is 0 Å². The van der Waals surface area contributed by atoms with Crippen LogP contribution < -0.4 is 5.56 Å². The van der Waals surface area contributed by atoms with Crippen molar-refractivity contribution in [1.29, 1.82) is 0 Å². The Bertz CT molecular complexity index is 552. The zero-order valence-electron chi connectivity index (χ0n) is 10.2. The normalized spacial score (nSPS) is 10.5. The predicted octanol–water partition coefficient (Wildman–Crippen LogP) is 1.29. The average molecular weight is 245 g/mol. The molecule has 0 amide bonds. The lowest BCUT2D eigenvalue weighted by Crippen LogP contribution is -2.14. The second kappa shape index (κ2) is 6.07. The molecule has 94 valence electrons. The number of ether oxygens (including phenoxy) is 1. The van der Waals surface area contributed by atoms with Gasteiger partial charge in [-0.05, 0) is 18.6 Å². The molecule has 5 heteroatoms. The minimum Gasteiger partial charge on any atom is -0.374 e. The van der Waals surface area contributed by atoms with Gasteiger partial charge in [0.2, 0.25) is 0 Å². The van der Waals surface area contributed by atoms with E-state index in [4.69, 9.17) is 4.74 Å². The molecule has 0 fully saturated rings. The molecule has 0 aliphatic carbocycles. The summed E-state index contributed by atoms with van der Waals surface area (Å²) in [5.74, 6) is 0.559. The van der Waals surface area contributed by atoms with Gasteiger partial charge >= 0.3 is 0 Å². The van der Waals surface area contributed by atoms with Crippen LogP contribution in [-0.4, -0.2) is 21.6 Å². The Balaban J connectivity index is 2.18. The summed E-state index contributed by atoms with van der Waals surface area (Å²) in [6, 6.07) is 5.32. The SMILES string of the molecule is CCOCc1nc(Cc2cccnc2)cc(=O)[nH]1. The molecule has 18 heavy (non-hydrogen) atoms. The van der Waals surface area contributed by atoms with Gasteiger partial charge < -0.3 is 9.72 Å². The van der Waals surface area contributed by atoms with Crippen molar-refractivity contribution in [3.63, 3.8) is 0 Å². The van der Waals surface area contributed by atoms with Crippen molar-refractivity contribution >= 4 is 0 Å². The van der Waals surface area contributed by atoms with Crippen molar-refractivity contribution < 1.29 is 4.74 Å². The van der Waals surface area contributed by atoms with Crippen LogP contribution in [0.25, 0.3) is 0 Å². The van der Waals surface area contributed by atoms with E-state index in [0.717, 1.165) is 11.3 Å². The molecule has 0 saturated heterocycles. The van der Waals surface area contributed by atoms with Crippen LogP contribution in [-0.2, 0) is 17.8 Å². The van der Waals surface area contributed by atoms with E-state index in [1.54, 1.807) is 12.4 Å². The maximum Gasteiger partial charge on any atom is 0.251 e. The first-order chi connectivity index (χ1) is 8.78. The third kappa shape index (κ3) is 3.49. The van der Waals surface area contributed by atoms with Gasteiger partial charge in [0.25, 0.3) is 5.56 Å². The van der Waals surface area contributed by atoms with Crippen LogP contribution in [0.3, 0.4) is 0 Å². The molecule has 0 aliphatic heterocycles. The Morgan fingerprint density at radius 2 is 2.33 bits per heavy atom. The summed E-state index contributed by atoms with van der Waals surface area (Å²) < 4.78 is 5.23. The van der Waals surface area contributed by atoms with Crippen LogP contribution in [0.1, 0.15) is 24.0 Å². The Labute approximate surface area is 105 Å². The van der Waals surface area contributed by atoms with Crippen LogP contribution in [0.5, 0.6) is 0 Å². The molecule has 0 spiro atoms. The number of aromatic amines is 1. The molecular weight excluding hydrogens is 230 g/mol. The first-order valence-electron chi connectivity index (χ1n) is 5.83. The summed E-state index contributed by atoms with van der Waals surface area (Å²) in [6.07, 6.45) is 4.08. The number of aromatic nitrogens is 3. The van der Waals surface area contributed by atoms with E-state index >= 15 is 0 Å². The molecular formula is C13H15N3O2. The van der Waals surface area contributed by atoms with Gasteiger partial charge in [0, 0.05) is 31.5 Å². The van der Waals surface area contributed by atoms with Gasteiger partial charge in [-0.3, -0.25) is 9.78 Å². The summed E-state index contributed by atoms with van der Waals surface area (Å²) in [5, 5.41) is 0. The molecule has 0 aromatic carbocycles. The third-order valence-electron chi connectivity index (χ3n) is 2.39. The smallest absolute Gasteiger partial charge is 0.251 e. The quantitative estimate of drug-likeness (QED) is 0.862. The summed E-state index contributed by atoms with van der Waals surface area (Å²) in [6.45, 7) is 2.82. The molecule has 0 aliphatic rings. The molecule has 2 rings (SSSR count). The minimum absolute atomic E-state index is 0.154. The fourth-order valence-corrected chi connectivity index (χ4v) is 1.63. The number of nitrogens with one attached hydrogen (secondary N) is 1. The summed E-state index contributed by atoms with van der Waals surface area (Å²) >= 11 is 0. The second-order valence-electron chi connectivity index (χ2n) is 3.86. The fourth-order valence-electron chi connectivity index (χ4n) is 1.63. The monoisotopic (exact) mass is 245 g/mol. The third-order valence-corrected chi connectivity index (χ3v) is 2.39. The second-order valence-corrected chi connectivity index (χ2v) is 3.86. The average Bonchev–Trinajstić information content (AvgIpc) is 2.37. The number of hydrogen-bond donors (Lipinski definition) is 1. The van der Waals surface area contributed by atoms with E-state index in [1.807, 2.05) is 19.1 Å². The maximum absolute atomic E-state index is 11.5. The standard InChI is InChI=1S/C13H15N3O2/c1-2-18-9-12-15-11(7-13(17)16-12)6-10-4-3-5-14-8-10/h3-5,7-8H,2,6,9H2,1H3,(H,15,16,17). The molecule has 0 bridgehead atoms. The molecule has 0 unspecified atom stereocenters. The fraction of sp³-hybridized carbons (Fsp3) is 0.308. The molecule has 2 aromatic rings. The summed E-state index contributed by atoms with van der Waals surface area (Å²) in [4.78, 5) is 22.6. The van der Waals surface area contributed by atoms with Gasteiger partial charge in [0.15, 0.2) is 0 Å². The lowest BCUT2D eigenvalue weighted by molar-refractivity contribution is 0.128.